The fraction of sp³-hybridized carbons (Fsp3) is 0.952. The van der Waals surface area contributed by atoms with E-state index in [1.165, 1.54) is 0 Å². The summed E-state index contributed by atoms with van der Waals surface area (Å²) >= 11 is 0. The molecule has 5 fully saturated rings. The molecule has 35 heteroatoms. The SMILES string of the molecule is OCCC1OC2OC(CO)C(OC3OC(CO)C(OC4OC(CO)C(OC5OC(CO)C(OC6OC(CO)C(OC(O)C(O)C(O)C(CCO)OC(O)/C(O)=C/1O)C(O)C6O)C(O)C5O)C(O)C4O)C(O)C3O)C(O)C2O. The average Bonchev–Trinajstić information content (AvgIpc) is 3.44. The van der Waals surface area contributed by atoms with Gasteiger partial charge in [0.05, 0.1) is 39.1 Å². The first kappa shape index (κ1) is 64.2. The van der Waals surface area contributed by atoms with E-state index in [4.69, 9.17) is 56.8 Å². The van der Waals surface area contributed by atoms with E-state index in [0.717, 1.165) is 0 Å². The number of ether oxygens (including phenoxy) is 12. The molecule has 11 heterocycles. The molecule has 450 valence electrons. The lowest BCUT2D eigenvalue weighted by Crippen LogP contribution is -2.68. The highest BCUT2D eigenvalue weighted by molar-refractivity contribution is 5.08. The minimum atomic E-state index is -2.73. The predicted molar refractivity (Wildman–Crippen MR) is 233 cm³/mol. The van der Waals surface area contributed by atoms with E-state index in [2.05, 4.69) is 0 Å². The van der Waals surface area contributed by atoms with Crippen LogP contribution in [0.25, 0.3) is 0 Å². The molecule has 0 amide bonds. The Hall–Kier alpha value is -1.98. The maximum Gasteiger partial charge on any atom is 0.217 e. The van der Waals surface area contributed by atoms with Crippen molar-refractivity contribution in [1.82, 2.24) is 0 Å². The second-order valence-electron chi connectivity index (χ2n) is 18.9. The Kier molecular flexibility index (Phi) is 23.6. The molecule has 0 aliphatic carbocycles. The Bertz CT molecular complexity index is 1800. The molecule has 5 saturated heterocycles. The van der Waals surface area contributed by atoms with Crippen molar-refractivity contribution in [3.05, 3.63) is 11.5 Å². The van der Waals surface area contributed by atoms with Crippen LogP contribution in [-0.4, -0.2) is 354 Å². The molecular formula is C42H72O35. The largest absolute Gasteiger partial charge is 0.506 e. The van der Waals surface area contributed by atoms with Crippen LogP contribution in [-0.2, 0) is 56.8 Å². The summed E-state index contributed by atoms with van der Waals surface area (Å²) in [5.74, 6) is -2.91. The Morgan fingerprint density at radius 3 is 0.831 bits per heavy atom. The van der Waals surface area contributed by atoms with Gasteiger partial charge in [-0.05, 0) is 6.42 Å². The number of aliphatic hydroxyl groups excluding tert-OH is 23. The molecule has 31 atom stereocenters. The van der Waals surface area contributed by atoms with Gasteiger partial charge in [-0.1, -0.05) is 0 Å². The van der Waals surface area contributed by atoms with Crippen LogP contribution in [0.3, 0.4) is 0 Å². The Balaban J connectivity index is 1.31. The van der Waals surface area contributed by atoms with Gasteiger partial charge in [0.1, 0.15) is 140 Å². The summed E-state index contributed by atoms with van der Waals surface area (Å²) in [4.78, 5) is 0. The third-order valence-electron chi connectivity index (χ3n) is 13.8. The van der Waals surface area contributed by atoms with Crippen LogP contribution in [0.15, 0.2) is 11.5 Å². The Labute approximate surface area is 435 Å². The van der Waals surface area contributed by atoms with Crippen molar-refractivity contribution in [3.63, 3.8) is 0 Å². The van der Waals surface area contributed by atoms with Crippen molar-refractivity contribution in [3.8, 4) is 0 Å². The fourth-order valence-electron chi connectivity index (χ4n) is 9.43. The van der Waals surface area contributed by atoms with Gasteiger partial charge in [0.2, 0.25) is 6.29 Å². The lowest BCUT2D eigenvalue weighted by Gasteiger charge is -2.49. The minimum Gasteiger partial charge on any atom is -0.506 e. The maximum atomic E-state index is 11.3. The fourth-order valence-corrected chi connectivity index (χ4v) is 9.43. The first-order chi connectivity index (χ1) is 36.5. The Morgan fingerprint density at radius 1 is 0.260 bits per heavy atom. The molecule has 0 radical (unpaired) electrons. The van der Waals surface area contributed by atoms with E-state index in [1.54, 1.807) is 0 Å². The molecule has 0 aromatic heterocycles. The van der Waals surface area contributed by atoms with Gasteiger partial charge < -0.3 is 174 Å². The monoisotopic (exact) mass is 1140 g/mol. The summed E-state index contributed by atoms with van der Waals surface area (Å²) in [6, 6.07) is 0. The molecule has 23 N–H and O–H groups in total. The lowest BCUT2D eigenvalue weighted by molar-refractivity contribution is -0.395. The molecule has 0 aromatic carbocycles. The van der Waals surface area contributed by atoms with Crippen LogP contribution in [0.4, 0.5) is 0 Å². The van der Waals surface area contributed by atoms with Crippen molar-refractivity contribution in [1.29, 1.82) is 0 Å². The van der Waals surface area contributed by atoms with Crippen molar-refractivity contribution in [2.24, 2.45) is 0 Å². The predicted octanol–water partition coefficient (Wildman–Crippen LogP) is -13.7. The second kappa shape index (κ2) is 28.3. The first-order valence-electron chi connectivity index (χ1n) is 24.3. The van der Waals surface area contributed by atoms with E-state index in [9.17, 15) is 117 Å². The maximum absolute atomic E-state index is 11.3. The van der Waals surface area contributed by atoms with Crippen LogP contribution in [0, 0.1) is 0 Å². The molecule has 0 spiro atoms. The number of rotatable bonds is 9. The molecule has 0 saturated carbocycles. The van der Waals surface area contributed by atoms with Crippen LogP contribution in [0.2, 0.25) is 0 Å². The molecule has 11 aliphatic rings. The molecule has 35 nitrogen and oxygen atoms in total. The summed E-state index contributed by atoms with van der Waals surface area (Å²) in [6.45, 7) is -7.17. The average molecular weight is 1140 g/mol. The van der Waals surface area contributed by atoms with Crippen molar-refractivity contribution in [2.75, 3.05) is 46.2 Å². The molecular weight excluding hydrogens is 1060 g/mol. The standard InChI is InChI=1S/C42H72O35/c43-3-1-10-17(50)25(58)37(65)73-31-12(5-45)69-39(27(60)19(31)52)75-33-14(7-47)71-41(29(62)21(33)54)77-35-16(9-49)72-42(30(63)23(35)56)76-34-15(8-48)70-40(28(61)22(34)55)74-32-13(6-46)68-38(26(59)20(32)53)67-11(2-4-44)18(51)24(57)36(64)66-10/h10-17,19-23,25-65H,1-9H2/b24-18+. The summed E-state index contributed by atoms with van der Waals surface area (Å²) in [7, 11) is 0. The van der Waals surface area contributed by atoms with Gasteiger partial charge >= 0.3 is 0 Å². The minimum absolute atomic E-state index is 0.695. The number of hydrogen-bond acceptors (Lipinski definition) is 35. The quantitative estimate of drug-likeness (QED) is 0.102. The van der Waals surface area contributed by atoms with Gasteiger partial charge in [-0.3, -0.25) is 0 Å². The van der Waals surface area contributed by atoms with Crippen molar-refractivity contribution < 1.29 is 174 Å². The first-order valence-corrected chi connectivity index (χ1v) is 24.3. The van der Waals surface area contributed by atoms with Gasteiger partial charge in [0.25, 0.3) is 0 Å². The van der Waals surface area contributed by atoms with E-state index in [1.807, 2.05) is 0 Å². The zero-order valence-corrected chi connectivity index (χ0v) is 40.4. The Morgan fingerprint density at radius 2 is 0.545 bits per heavy atom. The molecule has 31 unspecified atom stereocenters. The topological polar surface area (TPSA) is 576 Å². The number of hydrogen-bond donors (Lipinski definition) is 23. The molecule has 77 heavy (non-hydrogen) atoms. The zero-order chi connectivity index (χ0) is 56.9. The summed E-state index contributed by atoms with van der Waals surface area (Å²) < 4.78 is 66.6. The highest BCUT2D eigenvalue weighted by Gasteiger charge is 2.57. The zero-order valence-electron chi connectivity index (χ0n) is 40.4. The van der Waals surface area contributed by atoms with E-state index in [0.29, 0.717) is 0 Å². The molecule has 11 aliphatic heterocycles. The highest BCUT2D eigenvalue weighted by Crippen LogP contribution is 2.37. The van der Waals surface area contributed by atoms with Gasteiger partial charge in [-0.2, -0.15) is 0 Å². The summed E-state index contributed by atoms with van der Waals surface area (Å²) in [6.07, 6.45) is -67.1. The smallest absolute Gasteiger partial charge is 0.217 e. The third kappa shape index (κ3) is 13.9. The third-order valence-corrected chi connectivity index (χ3v) is 13.8. The van der Waals surface area contributed by atoms with Crippen LogP contribution >= 0.6 is 0 Å². The van der Waals surface area contributed by atoms with Gasteiger partial charge in [0, 0.05) is 19.6 Å². The van der Waals surface area contributed by atoms with E-state index in [-0.39, 0.29) is 0 Å². The molecule has 0 aromatic rings. The second-order valence-corrected chi connectivity index (χ2v) is 18.9. The number of aliphatic hydroxyl groups is 23. The van der Waals surface area contributed by atoms with Crippen LogP contribution in [0.1, 0.15) is 12.8 Å². The number of fused-ring (bicyclic) bond motifs is 5. The summed E-state index contributed by atoms with van der Waals surface area (Å²) in [5, 5.41) is 249. The van der Waals surface area contributed by atoms with E-state index < -0.39 is 261 Å². The van der Waals surface area contributed by atoms with Gasteiger partial charge in [-0.15, -0.1) is 0 Å². The lowest BCUT2D eigenvalue weighted by atomic mass is 9.95. The summed E-state index contributed by atoms with van der Waals surface area (Å²) in [5.41, 5.74) is 0. The van der Waals surface area contributed by atoms with E-state index >= 15 is 0 Å². The van der Waals surface area contributed by atoms with Gasteiger partial charge in [-0.25, -0.2) is 0 Å². The highest BCUT2D eigenvalue weighted by atomic mass is 16.8. The van der Waals surface area contributed by atoms with Crippen LogP contribution < -0.4 is 0 Å². The van der Waals surface area contributed by atoms with Crippen molar-refractivity contribution >= 4 is 0 Å². The molecule has 10 bridgehead atoms. The van der Waals surface area contributed by atoms with Crippen LogP contribution in [0.5, 0.6) is 0 Å². The van der Waals surface area contributed by atoms with Crippen molar-refractivity contribution in [2.45, 2.75) is 203 Å². The normalized spacial score (nSPS) is 51.4. The molecule has 11 rings (SSSR count). The van der Waals surface area contributed by atoms with Gasteiger partial charge in [0.15, 0.2) is 49.3 Å².